The third-order valence-corrected chi connectivity index (χ3v) is 2.73. The largest absolute Gasteiger partial charge is 0.380 e. The highest BCUT2D eigenvalue weighted by Gasteiger charge is 2.23. The van der Waals surface area contributed by atoms with Gasteiger partial charge in [0.2, 0.25) is 0 Å². The van der Waals surface area contributed by atoms with Crippen LogP contribution in [0.25, 0.3) is 0 Å². The van der Waals surface area contributed by atoms with Crippen molar-refractivity contribution in [3.8, 4) is 0 Å². The Hall–Kier alpha value is -0.120. The van der Waals surface area contributed by atoms with E-state index in [4.69, 9.17) is 10.6 Å². The SMILES string of the molecule is CCCC(OC)C(NN)C(C)CC. The van der Waals surface area contributed by atoms with Crippen LogP contribution in [-0.4, -0.2) is 19.3 Å². The van der Waals surface area contributed by atoms with Crippen molar-refractivity contribution >= 4 is 0 Å². The lowest BCUT2D eigenvalue weighted by molar-refractivity contribution is 0.0426. The van der Waals surface area contributed by atoms with Gasteiger partial charge in [0.25, 0.3) is 0 Å². The highest BCUT2D eigenvalue weighted by molar-refractivity contribution is 4.79. The van der Waals surface area contributed by atoms with Gasteiger partial charge in [0.15, 0.2) is 0 Å². The number of hydrazine groups is 1. The Kier molecular flexibility index (Phi) is 7.23. The lowest BCUT2D eigenvalue weighted by Crippen LogP contribution is -2.48. The van der Waals surface area contributed by atoms with Crippen molar-refractivity contribution in [1.29, 1.82) is 0 Å². The summed E-state index contributed by atoms with van der Waals surface area (Å²) in [6, 6.07) is 0.273. The molecule has 0 aliphatic heterocycles. The molecule has 0 saturated heterocycles. The first-order valence-electron chi connectivity index (χ1n) is 5.20. The molecule has 80 valence electrons. The van der Waals surface area contributed by atoms with Gasteiger partial charge in [-0.2, -0.15) is 0 Å². The highest BCUT2D eigenvalue weighted by atomic mass is 16.5. The molecular formula is C10H24N2O. The van der Waals surface area contributed by atoms with Gasteiger partial charge in [-0.15, -0.1) is 0 Å². The van der Waals surface area contributed by atoms with Gasteiger partial charge in [0.1, 0.15) is 0 Å². The van der Waals surface area contributed by atoms with Crippen LogP contribution in [-0.2, 0) is 4.74 Å². The first-order valence-corrected chi connectivity index (χ1v) is 5.20. The molecule has 3 N–H and O–H groups in total. The topological polar surface area (TPSA) is 47.3 Å². The van der Waals surface area contributed by atoms with E-state index in [9.17, 15) is 0 Å². The molecule has 0 aromatic heterocycles. The molecule has 0 aromatic rings. The average Bonchev–Trinajstić information content (AvgIpc) is 2.17. The fourth-order valence-corrected chi connectivity index (χ4v) is 1.62. The van der Waals surface area contributed by atoms with E-state index in [1.54, 1.807) is 7.11 Å². The summed E-state index contributed by atoms with van der Waals surface area (Å²) in [4.78, 5) is 0. The number of methoxy groups -OCH3 is 1. The van der Waals surface area contributed by atoms with Gasteiger partial charge in [0, 0.05) is 13.2 Å². The van der Waals surface area contributed by atoms with Crippen LogP contribution in [0.4, 0.5) is 0 Å². The average molecular weight is 188 g/mol. The monoisotopic (exact) mass is 188 g/mol. The lowest BCUT2D eigenvalue weighted by Gasteiger charge is -2.29. The predicted molar refractivity (Wildman–Crippen MR) is 56.3 cm³/mol. The molecule has 3 heteroatoms. The van der Waals surface area contributed by atoms with E-state index in [1.807, 2.05) is 0 Å². The Morgan fingerprint density at radius 2 is 2.00 bits per heavy atom. The van der Waals surface area contributed by atoms with Crippen LogP contribution in [0.15, 0.2) is 0 Å². The van der Waals surface area contributed by atoms with E-state index in [1.165, 1.54) is 0 Å². The number of nitrogens with two attached hydrogens (primary N) is 1. The molecule has 0 rings (SSSR count). The Bertz CT molecular complexity index is 119. The quantitative estimate of drug-likeness (QED) is 0.472. The van der Waals surface area contributed by atoms with Crippen molar-refractivity contribution in [2.24, 2.45) is 11.8 Å². The van der Waals surface area contributed by atoms with Gasteiger partial charge in [-0.3, -0.25) is 11.3 Å². The van der Waals surface area contributed by atoms with Crippen molar-refractivity contribution in [3.63, 3.8) is 0 Å². The van der Waals surface area contributed by atoms with Crippen molar-refractivity contribution in [1.82, 2.24) is 5.43 Å². The Balaban J connectivity index is 4.15. The molecule has 0 aliphatic carbocycles. The van der Waals surface area contributed by atoms with E-state index in [0.29, 0.717) is 5.92 Å². The van der Waals surface area contributed by atoms with Crippen LogP contribution in [0.5, 0.6) is 0 Å². The Morgan fingerprint density at radius 3 is 2.31 bits per heavy atom. The lowest BCUT2D eigenvalue weighted by atomic mass is 9.92. The van der Waals surface area contributed by atoms with E-state index < -0.39 is 0 Å². The maximum atomic E-state index is 5.53. The molecular weight excluding hydrogens is 164 g/mol. The second-order valence-electron chi connectivity index (χ2n) is 3.64. The third kappa shape index (κ3) is 4.07. The van der Waals surface area contributed by atoms with Gasteiger partial charge >= 0.3 is 0 Å². The molecule has 0 aromatic carbocycles. The molecule has 0 saturated carbocycles. The normalized spacial score (nSPS) is 18.2. The smallest absolute Gasteiger partial charge is 0.0740 e. The van der Waals surface area contributed by atoms with Crippen LogP contribution in [0.1, 0.15) is 40.0 Å². The zero-order valence-corrected chi connectivity index (χ0v) is 9.34. The molecule has 0 spiro atoms. The van der Waals surface area contributed by atoms with Gasteiger partial charge in [0.05, 0.1) is 6.10 Å². The number of nitrogens with one attached hydrogen (secondary N) is 1. The number of ether oxygens (including phenoxy) is 1. The van der Waals surface area contributed by atoms with Crippen molar-refractivity contribution in [3.05, 3.63) is 0 Å². The number of hydrogen-bond acceptors (Lipinski definition) is 3. The predicted octanol–water partition coefficient (Wildman–Crippen LogP) is 1.68. The molecule has 3 atom stereocenters. The summed E-state index contributed by atoms with van der Waals surface area (Å²) in [5.74, 6) is 6.08. The minimum Gasteiger partial charge on any atom is -0.380 e. The van der Waals surface area contributed by atoms with E-state index >= 15 is 0 Å². The van der Waals surface area contributed by atoms with Gasteiger partial charge in [-0.25, -0.2) is 0 Å². The van der Waals surface area contributed by atoms with E-state index in [-0.39, 0.29) is 12.1 Å². The summed E-state index contributed by atoms with van der Waals surface area (Å²) in [7, 11) is 1.76. The van der Waals surface area contributed by atoms with Crippen LogP contribution >= 0.6 is 0 Å². The fraction of sp³-hybridized carbons (Fsp3) is 1.00. The Labute approximate surface area is 82.0 Å². The summed E-state index contributed by atoms with van der Waals surface area (Å²) in [6.45, 7) is 6.54. The second-order valence-corrected chi connectivity index (χ2v) is 3.64. The maximum absolute atomic E-state index is 5.53. The summed E-state index contributed by atoms with van der Waals surface area (Å²) in [5, 5.41) is 0. The van der Waals surface area contributed by atoms with Crippen LogP contribution in [0.2, 0.25) is 0 Å². The zero-order chi connectivity index (χ0) is 10.3. The van der Waals surface area contributed by atoms with Crippen LogP contribution in [0, 0.1) is 5.92 Å². The zero-order valence-electron chi connectivity index (χ0n) is 9.34. The summed E-state index contributed by atoms with van der Waals surface area (Å²) in [5.41, 5.74) is 2.86. The summed E-state index contributed by atoms with van der Waals surface area (Å²) in [6.07, 6.45) is 3.56. The Morgan fingerprint density at radius 1 is 1.38 bits per heavy atom. The summed E-state index contributed by atoms with van der Waals surface area (Å²) < 4.78 is 5.42. The van der Waals surface area contributed by atoms with Gasteiger partial charge in [-0.1, -0.05) is 33.6 Å². The van der Waals surface area contributed by atoms with Crippen molar-refractivity contribution < 1.29 is 4.74 Å². The van der Waals surface area contributed by atoms with Crippen molar-refractivity contribution in [2.45, 2.75) is 52.2 Å². The molecule has 3 nitrogen and oxygen atoms in total. The molecule has 13 heavy (non-hydrogen) atoms. The molecule has 0 fully saturated rings. The van der Waals surface area contributed by atoms with E-state index in [2.05, 4.69) is 26.2 Å². The third-order valence-electron chi connectivity index (χ3n) is 2.73. The number of rotatable bonds is 7. The minimum atomic E-state index is 0.241. The molecule has 0 aliphatic rings. The number of hydrogen-bond donors (Lipinski definition) is 2. The standard InChI is InChI=1S/C10H24N2O/c1-5-7-9(13-4)10(12-11)8(3)6-2/h8-10,12H,5-7,11H2,1-4H3. The van der Waals surface area contributed by atoms with Crippen molar-refractivity contribution in [2.75, 3.05) is 7.11 Å². The molecule has 3 unspecified atom stereocenters. The second kappa shape index (κ2) is 7.30. The first kappa shape index (κ1) is 12.9. The minimum absolute atomic E-state index is 0.241. The molecule has 0 heterocycles. The van der Waals surface area contributed by atoms with E-state index in [0.717, 1.165) is 19.3 Å². The first-order chi connectivity index (χ1) is 6.21. The maximum Gasteiger partial charge on any atom is 0.0740 e. The molecule has 0 amide bonds. The van der Waals surface area contributed by atoms with Crippen LogP contribution < -0.4 is 11.3 Å². The van der Waals surface area contributed by atoms with Crippen LogP contribution in [0.3, 0.4) is 0 Å². The van der Waals surface area contributed by atoms with Gasteiger partial charge in [-0.05, 0) is 12.3 Å². The fourth-order valence-electron chi connectivity index (χ4n) is 1.62. The highest BCUT2D eigenvalue weighted by Crippen LogP contribution is 2.16. The molecule has 0 radical (unpaired) electrons. The molecule has 0 bridgehead atoms. The summed E-state index contributed by atoms with van der Waals surface area (Å²) >= 11 is 0. The van der Waals surface area contributed by atoms with Gasteiger partial charge < -0.3 is 4.74 Å².